The molecular weight excluding hydrogens is 612 g/mol. The van der Waals surface area contributed by atoms with Crippen LogP contribution in [0, 0.1) is 0 Å². The van der Waals surface area contributed by atoms with E-state index in [1.807, 2.05) is 17.0 Å². The normalized spacial score (nSPS) is 27.4. The number of hydrogen-bond donors (Lipinski definition) is 1. The van der Waals surface area contributed by atoms with Crippen LogP contribution < -0.4 is 0 Å². The summed E-state index contributed by atoms with van der Waals surface area (Å²) in [7, 11) is -2.30. The molecule has 4 aliphatic heterocycles. The number of methoxy groups -OCH3 is 1. The van der Waals surface area contributed by atoms with Gasteiger partial charge in [-0.15, -0.1) is 0 Å². The van der Waals surface area contributed by atoms with Crippen LogP contribution in [0.15, 0.2) is 41.3 Å². The van der Waals surface area contributed by atoms with Crippen molar-refractivity contribution in [1.29, 1.82) is 0 Å². The monoisotopic (exact) mass is 662 g/mol. The summed E-state index contributed by atoms with van der Waals surface area (Å²) in [5.74, 6) is 0. The molecule has 2 aromatic rings. The highest BCUT2D eigenvalue weighted by Gasteiger charge is 2.61. The predicted octanol–water partition coefficient (Wildman–Crippen LogP) is 4.76. The third-order valence-electron chi connectivity index (χ3n) is 10.7. The second-order valence-corrected chi connectivity index (χ2v) is 16.1. The number of fused-ring (bicyclic) bond motifs is 2. The molecule has 1 N–H and O–H groups in total. The fraction of sp³-hybridized carbons (Fsp3) is 0.706. The number of piperazine rings is 1. The molecule has 2 unspecified atom stereocenters. The Morgan fingerprint density at radius 2 is 1.69 bits per heavy atom. The summed E-state index contributed by atoms with van der Waals surface area (Å²) in [4.78, 5) is 7.44. The van der Waals surface area contributed by atoms with Crippen molar-refractivity contribution >= 4 is 32.4 Å². The lowest BCUT2D eigenvalue weighted by Gasteiger charge is -2.47. The van der Waals surface area contributed by atoms with Gasteiger partial charge in [0, 0.05) is 37.8 Å². The molecule has 4 saturated heterocycles. The third-order valence-corrected chi connectivity index (χ3v) is 12.7. The summed E-state index contributed by atoms with van der Waals surface area (Å²) >= 11 is 6.13. The molecule has 4 aliphatic rings. The van der Waals surface area contributed by atoms with Crippen LogP contribution in [0.2, 0.25) is 5.02 Å². The van der Waals surface area contributed by atoms with Gasteiger partial charge in [0.15, 0.2) is 5.72 Å². The first-order valence-corrected chi connectivity index (χ1v) is 18.8. The van der Waals surface area contributed by atoms with Crippen LogP contribution in [0.1, 0.15) is 64.7 Å². The van der Waals surface area contributed by atoms with Crippen molar-refractivity contribution in [3.8, 4) is 0 Å². The number of rotatable bonds is 11. The topological polar surface area (TPSA) is 85.8 Å². The highest BCUT2D eigenvalue weighted by atomic mass is 35.5. The van der Waals surface area contributed by atoms with Gasteiger partial charge in [-0.05, 0) is 86.8 Å². The number of nitrogens with zero attached hydrogens (tertiary/aromatic N) is 4. The molecule has 1 spiro atoms. The first kappa shape index (κ1) is 33.6. The van der Waals surface area contributed by atoms with Crippen LogP contribution in [-0.2, 0) is 19.5 Å². The number of likely N-dealkylation sites (tertiary alicyclic amines) is 2. The van der Waals surface area contributed by atoms with E-state index in [-0.39, 0.29) is 24.6 Å². The fourth-order valence-electron chi connectivity index (χ4n) is 8.14. The minimum atomic E-state index is -3.91. The molecule has 2 aromatic carbocycles. The summed E-state index contributed by atoms with van der Waals surface area (Å²) in [6, 6.07) is 11.1. The van der Waals surface area contributed by atoms with Crippen molar-refractivity contribution in [2.75, 3.05) is 66.1 Å². The Morgan fingerprint density at radius 3 is 2.42 bits per heavy atom. The lowest BCUT2D eigenvalue weighted by molar-refractivity contribution is -0.226. The Hall–Kier alpha value is -1.34. The predicted molar refractivity (Wildman–Crippen MR) is 178 cm³/mol. The highest BCUT2D eigenvalue weighted by molar-refractivity contribution is 7.89. The zero-order valence-corrected chi connectivity index (χ0v) is 28.6. The summed E-state index contributed by atoms with van der Waals surface area (Å²) in [6.45, 7) is 8.61. The number of β-amino-alcohol motifs (C(OH)–C–C–N with tert-alkyl or cyclic N) is 1. The van der Waals surface area contributed by atoms with E-state index in [1.165, 1.54) is 68.9 Å². The van der Waals surface area contributed by atoms with E-state index in [9.17, 15) is 13.5 Å². The summed E-state index contributed by atoms with van der Waals surface area (Å²) in [5, 5.41) is 13.7. The van der Waals surface area contributed by atoms with Crippen molar-refractivity contribution in [2.24, 2.45) is 0 Å². The lowest BCUT2D eigenvalue weighted by atomic mass is 9.89. The van der Waals surface area contributed by atoms with Gasteiger partial charge in [0.1, 0.15) is 6.23 Å². The minimum Gasteiger partial charge on any atom is -0.380 e. The molecule has 0 bridgehead atoms. The first-order chi connectivity index (χ1) is 21.7. The number of benzene rings is 2. The number of hydrogen-bond acceptors (Lipinski definition) is 8. The van der Waals surface area contributed by atoms with Gasteiger partial charge in [-0.2, -0.15) is 4.31 Å². The van der Waals surface area contributed by atoms with E-state index in [2.05, 4.69) is 16.7 Å². The van der Waals surface area contributed by atoms with Gasteiger partial charge in [-0.25, -0.2) is 13.3 Å². The van der Waals surface area contributed by atoms with E-state index in [0.717, 1.165) is 36.7 Å². The number of aliphatic hydroxyl groups is 1. The van der Waals surface area contributed by atoms with Crippen LogP contribution in [0.25, 0.3) is 10.8 Å². The summed E-state index contributed by atoms with van der Waals surface area (Å²) in [6.07, 6.45) is 9.83. The van der Waals surface area contributed by atoms with Gasteiger partial charge in [0.2, 0.25) is 10.0 Å². The average Bonchev–Trinajstić information content (AvgIpc) is 3.35. The van der Waals surface area contributed by atoms with E-state index in [4.69, 9.17) is 21.1 Å². The number of ether oxygens (including phenoxy) is 2. The standard InChI is InChI=1S/C34H51ClN4O5S/c1-3-4-5-6-7-16-36-17-12-30(13-18-36)37-19-14-33(15-20-37)24-39-32(40)23-38(25-34(39,44-33)26-43-2)45(41,42)31-11-9-27-21-29(35)10-8-28(27)22-31/h8-11,21-22,30,32,40H,3-7,12-20,23-26H2,1-2H3. The molecule has 4 heterocycles. The van der Waals surface area contributed by atoms with Crippen LogP contribution in [-0.4, -0.2) is 122 Å². The molecule has 4 fully saturated rings. The van der Waals surface area contributed by atoms with Crippen LogP contribution in [0.3, 0.4) is 0 Å². The van der Waals surface area contributed by atoms with E-state index < -0.39 is 27.6 Å². The molecule has 250 valence electrons. The molecule has 0 aromatic heterocycles. The molecule has 11 heteroatoms. The second-order valence-electron chi connectivity index (χ2n) is 13.7. The van der Waals surface area contributed by atoms with Gasteiger partial charge < -0.3 is 24.4 Å². The van der Waals surface area contributed by atoms with Gasteiger partial charge in [0.25, 0.3) is 0 Å². The lowest BCUT2D eigenvalue weighted by Crippen LogP contribution is -2.67. The van der Waals surface area contributed by atoms with Crippen molar-refractivity contribution in [1.82, 2.24) is 19.0 Å². The first-order valence-electron chi connectivity index (χ1n) is 17.0. The zero-order valence-electron chi connectivity index (χ0n) is 27.0. The molecule has 0 aliphatic carbocycles. The Kier molecular flexibility index (Phi) is 10.5. The van der Waals surface area contributed by atoms with Gasteiger partial charge in [-0.3, -0.25) is 0 Å². The maximum atomic E-state index is 14.0. The molecular formula is C34H51ClN4O5S. The zero-order chi connectivity index (χ0) is 31.7. The van der Waals surface area contributed by atoms with Crippen LogP contribution >= 0.6 is 11.6 Å². The van der Waals surface area contributed by atoms with E-state index in [0.29, 0.717) is 17.6 Å². The van der Waals surface area contributed by atoms with Gasteiger partial charge >= 0.3 is 0 Å². The summed E-state index contributed by atoms with van der Waals surface area (Å²) < 4.78 is 41.9. The van der Waals surface area contributed by atoms with E-state index >= 15 is 0 Å². The second kappa shape index (κ2) is 14.0. The number of halogens is 1. The molecule has 0 saturated carbocycles. The number of unbranched alkanes of at least 4 members (excludes halogenated alkanes) is 4. The van der Waals surface area contributed by atoms with Crippen molar-refractivity contribution in [3.63, 3.8) is 0 Å². The maximum Gasteiger partial charge on any atom is 0.243 e. The molecule has 6 rings (SSSR count). The number of sulfonamides is 1. The van der Waals surface area contributed by atoms with Crippen molar-refractivity contribution in [2.45, 2.75) is 93.2 Å². The smallest absolute Gasteiger partial charge is 0.243 e. The molecule has 2 atom stereocenters. The number of piperidine rings is 2. The molecule has 9 nitrogen and oxygen atoms in total. The third kappa shape index (κ3) is 7.10. The maximum absolute atomic E-state index is 14.0. The van der Waals surface area contributed by atoms with Crippen LogP contribution in [0.4, 0.5) is 0 Å². The fourth-order valence-corrected chi connectivity index (χ4v) is 9.84. The quantitative estimate of drug-likeness (QED) is 0.345. The Balaban J connectivity index is 1.09. The van der Waals surface area contributed by atoms with Gasteiger partial charge in [-0.1, -0.05) is 56.3 Å². The average molecular weight is 663 g/mol. The summed E-state index contributed by atoms with van der Waals surface area (Å²) in [5.41, 5.74) is -1.48. The molecule has 0 amide bonds. The SMILES string of the molecule is CCCCCCCN1CCC(N2CCC3(CC2)CN2C(O)CN(S(=O)(=O)c4ccc5cc(Cl)ccc5c4)CC2(COC)O3)CC1. The van der Waals surface area contributed by atoms with Crippen molar-refractivity contribution < 1.29 is 23.0 Å². The largest absolute Gasteiger partial charge is 0.380 e. The number of aliphatic hydroxyl groups excluding tert-OH is 1. The van der Waals surface area contributed by atoms with Crippen molar-refractivity contribution in [3.05, 3.63) is 41.4 Å². The Morgan fingerprint density at radius 1 is 0.978 bits per heavy atom. The van der Waals surface area contributed by atoms with E-state index in [1.54, 1.807) is 31.4 Å². The minimum absolute atomic E-state index is 0.0187. The molecule has 0 radical (unpaired) electrons. The molecule has 45 heavy (non-hydrogen) atoms. The Labute approximate surface area is 274 Å². The van der Waals surface area contributed by atoms with Gasteiger partial charge in [0.05, 0.1) is 30.2 Å². The highest BCUT2D eigenvalue weighted by Crippen LogP contribution is 2.45. The Bertz CT molecular complexity index is 1410. The van der Waals surface area contributed by atoms with Crippen LogP contribution in [0.5, 0.6) is 0 Å².